The lowest BCUT2D eigenvalue weighted by atomic mass is 9.99. The topological polar surface area (TPSA) is 257 Å². The van der Waals surface area contributed by atoms with Crippen LogP contribution in [-0.2, 0) is 25.6 Å². The van der Waals surface area contributed by atoms with Crippen LogP contribution in [0.1, 0.15) is 51.5 Å². The number of carboxylic acids is 1. The monoisotopic (exact) mass is 587 g/mol. The zero-order chi connectivity index (χ0) is 31.2. The smallest absolute Gasteiger partial charge is 0.326 e. The summed E-state index contributed by atoms with van der Waals surface area (Å²) in [5.41, 5.74) is 23.8. The number of H-pyrrole nitrogens is 1. The number of carbonyl (C=O) groups excluding carboxylic acids is 3. The molecule has 4 unspecified atom stereocenters. The Balaban J connectivity index is 2.22. The number of para-hydroxylation sites is 1. The van der Waals surface area contributed by atoms with Gasteiger partial charge in [-0.1, -0.05) is 32.0 Å². The predicted molar refractivity (Wildman–Crippen MR) is 161 cm³/mol. The number of aromatic nitrogens is 1. The molecule has 4 atom stereocenters. The average Bonchev–Trinajstić information content (AvgIpc) is 3.35. The van der Waals surface area contributed by atoms with Gasteiger partial charge in [-0.05, 0) is 56.2 Å². The molecule has 14 nitrogen and oxygen atoms in total. The molecule has 13 N–H and O–H groups in total. The Morgan fingerprint density at radius 1 is 0.929 bits per heavy atom. The van der Waals surface area contributed by atoms with Crippen molar-refractivity contribution < 1.29 is 24.3 Å². The van der Waals surface area contributed by atoms with Crippen LogP contribution in [0.2, 0.25) is 0 Å². The third-order valence-corrected chi connectivity index (χ3v) is 6.84. The highest BCUT2D eigenvalue weighted by atomic mass is 16.4. The molecule has 0 saturated carbocycles. The van der Waals surface area contributed by atoms with Gasteiger partial charge in [0.1, 0.15) is 18.1 Å². The number of aliphatic imine (C=N–C) groups is 1. The molecule has 1 aromatic heterocycles. The van der Waals surface area contributed by atoms with E-state index >= 15 is 0 Å². The Morgan fingerprint density at radius 2 is 1.62 bits per heavy atom. The molecule has 0 aliphatic carbocycles. The van der Waals surface area contributed by atoms with Crippen molar-refractivity contribution in [2.24, 2.45) is 33.8 Å². The molecule has 0 radical (unpaired) electrons. The molecule has 2 rings (SSSR count). The molecule has 0 aliphatic rings. The second-order valence-electron chi connectivity index (χ2n) is 10.6. The highest BCUT2D eigenvalue weighted by Gasteiger charge is 2.32. The van der Waals surface area contributed by atoms with Crippen molar-refractivity contribution in [3.63, 3.8) is 0 Å². The van der Waals surface area contributed by atoms with Crippen LogP contribution in [0.4, 0.5) is 0 Å². The Hall–Kier alpha value is -4.17. The average molecular weight is 588 g/mol. The number of carboxylic acid groups (broad SMARTS) is 1. The molecular formula is C28H45N9O5. The molecule has 42 heavy (non-hydrogen) atoms. The first-order valence-corrected chi connectivity index (χ1v) is 14.1. The molecule has 0 bridgehead atoms. The number of nitrogens with two attached hydrogens (primary N) is 4. The molecule has 3 amide bonds. The summed E-state index contributed by atoms with van der Waals surface area (Å²) < 4.78 is 0. The standard InChI is InChI=1S/C28H45N9O5/c1-16(2)23(37-24(38)19(30)9-7-13-33-28(31)32)26(40)36-22(14-17-15-34-20-10-4-3-8-18(17)20)25(39)35-21(27(41)42)11-5-6-12-29/h3-4,8,10,15-16,19,21-23,34H,5-7,9,11-14,29-30H2,1-2H3,(H,35,39)(H,36,40)(H,37,38)(H,41,42)(H4,31,32,33). The predicted octanol–water partition coefficient (Wildman–Crippen LogP) is -0.585. The molecule has 0 saturated heterocycles. The highest BCUT2D eigenvalue weighted by molar-refractivity contribution is 5.95. The molecule has 1 aromatic carbocycles. The van der Waals surface area contributed by atoms with E-state index < -0.39 is 47.9 Å². The van der Waals surface area contributed by atoms with E-state index in [4.69, 9.17) is 22.9 Å². The summed E-state index contributed by atoms with van der Waals surface area (Å²) in [5, 5.41) is 18.5. The van der Waals surface area contributed by atoms with Crippen LogP contribution >= 0.6 is 0 Å². The van der Waals surface area contributed by atoms with Gasteiger partial charge >= 0.3 is 5.97 Å². The van der Waals surface area contributed by atoms with Gasteiger partial charge in [0.15, 0.2) is 5.96 Å². The molecule has 0 fully saturated rings. The maximum atomic E-state index is 13.5. The number of unbranched alkanes of at least 4 members (excludes halogenated alkanes) is 1. The quantitative estimate of drug-likeness (QED) is 0.0613. The molecule has 0 spiro atoms. The van der Waals surface area contributed by atoms with E-state index in [1.54, 1.807) is 20.0 Å². The normalized spacial score (nSPS) is 14.0. The lowest BCUT2D eigenvalue weighted by Crippen LogP contribution is -2.58. The lowest BCUT2D eigenvalue weighted by Gasteiger charge is -2.27. The summed E-state index contributed by atoms with van der Waals surface area (Å²) in [6, 6.07) is 3.32. The van der Waals surface area contributed by atoms with Crippen molar-refractivity contribution >= 4 is 40.6 Å². The number of aromatic amines is 1. The van der Waals surface area contributed by atoms with Crippen LogP contribution in [-0.4, -0.2) is 77.0 Å². The molecule has 2 aromatic rings. The SMILES string of the molecule is CC(C)C(NC(=O)C(N)CCCN=C(N)N)C(=O)NC(Cc1c[nH]c2ccccc12)C(=O)NC(CCCCN)C(=O)O. The number of guanidine groups is 1. The minimum atomic E-state index is -1.18. The zero-order valence-electron chi connectivity index (χ0n) is 24.3. The first-order valence-electron chi connectivity index (χ1n) is 14.1. The van der Waals surface area contributed by atoms with E-state index in [0.717, 1.165) is 16.5 Å². The van der Waals surface area contributed by atoms with Crippen molar-refractivity contribution in [2.75, 3.05) is 13.1 Å². The van der Waals surface area contributed by atoms with Gasteiger partial charge in [0.25, 0.3) is 0 Å². The van der Waals surface area contributed by atoms with E-state index in [2.05, 4.69) is 25.9 Å². The minimum Gasteiger partial charge on any atom is -0.480 e. The zero-order valence-corrected chi connectivity index (χ0v) is 24.3. The summed E-state index contributed by atoms with van der Waals surface area (Å²) in [6.45, 7) is 4.22. The largest absolute Gasteiger partial charge is 0.480 e. The highest BCUT2D eigenvalue weighted by Crippen LogP contribution is 2.19. The summed E-state index contributed by atoms with van der Waals surface area (Å²) >= 11 is 0. The number of aliphatic carboxylic acids is 1. The van der Waals surface area contributed by atoms with Crippen LogP contribution < -0.4 is 38.9 Å². The Morgan fingerprint density at radius 3 is 2.26 bits per heavy atom. The number of hydrogen-bond acceptors (Lipinski definition) is 7. The van der Waals surface area contributed by atoms with Crippen LogP contribution in [0.25, 0.3) is 10.9 Å². The molecular weight excluding hydrogens is 542 g/mol. The first-order chi connectivity index (χ1) is 19.9. The van der Waals surface area contributed by atoms with E-state index in [1.807, 2.05) is 24.3 Å². The first kappa shape index (κ1) is 34.0. The van der Waals surface area contributed by atoms with Crippen LogP contribution in [0, 0.1) is 5.92 Å². The summed E-state index contributed by atoms with van der Waals surface area (Å²) in [4.78, 5) is 58.6. The molecule has 14 heteroatoms. The number of nitrogens with one attached hydrogen (secondary N) is 4. The minimum absolute atomic E-state index is 0.0546. The number of rotatable bonds is 18. The maximum absolute atomic E-state index is 13.5. The van der Waals surface area contributed by atoms with Crippen molar-refractivity contribution in [2.45, 2.75) is 76.5 Å². The number of nitrogens with zero attached hydrogens (tertiary/aromatic N) is 1. The van der Waals surface area contributed by atoms with E-state index in [-0.39, 0.29) is 24.7 Å². The fraction of sp³-hybridized carbons (Fsp3) is 0.536. The number of fused-ring (bicyclic) bond motifs is 1. The number of carbonyl (C=O) groups is 4. The Labute approximate surface area is 245 Å². The molecule has 1 heterocycles. The van der Waals surface area contributed by atoms with Gasteiger partial charge in [0, 0.05) is 30.1 Å². The van der Waals surface area contributed by atoms with Crippen LogP contribution in [0.5, 0.6) is 0 Å². The van der Waals surface area contributed by atoms with Gasteiger partial charge in [0.05, 0.1) is 6.04 Å². The van der Waals surface area contributed by atoms with Gasteiger partial charge in [-0.15, -0.1) is 0 Å². The summed E-state index contributed by atoms with van der Waals surface area (Å²) in [5.74, 6) is -3.36. The van der Waals surface area contributed by atoms with Gasteiger partial charge in [-0.3, -0.25) is 19.4 Å². The molecule has 0 aliphatic heterocycles. The number of amides is 3. The van der Waals surface area contributed by atoms with Crippen molar-refractivity contribution in [1.82, 2.24) is 20.9 Å². The Kier molecular flexibility index (Phi) is 13.7. The van der Waals surface area contributed by atoms with E-state index in [1.165, 1.54) is 0 Å². The van der Waals surface area contributed by atoms with Crippen molar-refractivity contribution in [3.8, 4) is 0 Å². The molecule has 232 valence electrons. The number of hydrogen-bond donors (Lipinski definition) is 9. The van der Waals surface area contributed by atoms with Gasteiger partial charge in [-0.25, -0.2) is 4.79 Å². The number of benzene rings is 1. The third kappa shape index (κ3) is 10.7. The van der Waals surface area contributed by atoms with Crippen LogP contribution in [0.3, 0.4) is 0 Å². The lowest BCUT2D eigenvalue weighted by molar-refractivity contribution is -0.142. The second kappa shape index (κ2) is 16.9. The fourth-order valence-corrected chi connectivity index (χ4v) is 4.46. The van der Waals surface area contributed by atoms with Gasteiger partial charge < -0.3 is 49.0 Å². The van der Waals surface area contributed by atoms with Crippen molar-refractivity contribution in [1.29, 1.82) is 0 Å². The fourth-order valence-electron chi connectivity index (χ4n) is 4.46. The summed E-state index contributed by atoms with van der Waals surface area (Å²) in [7, 11) is 0. The van der Waals surface area contributed by atoms with E-state index in [0.29, 0.717) is 38.8 Å². The third-order valence-electron chi connectivity index (χ3n) is 6.84. The summed E-state index contributed by atoms with van der Waals surface area (Å²) in [6.07, 6.45) is 3.91. The second-order valence-corrected chi connectivity index (χ2v) is 10.6. The van der Waals surface area contributed by atoms with Gasteiger partial charge in [0.2, 0.25) is 17.7 Å². The Bertz CT molecular complexity index is 1230. The van der Waals surface area contributed by atoms with Crippen molar-refractivity contribution in [3.05, 3.63) is 36.0 Å². The maximum Gasteiger partial charge on any atom is 0.326 e. The van der Waals surface area contributed by atoms with E-state index in [9.17, 15) is 24.3 Å². The van der Waals surface area contributed by atoms with Crippen LogP contribution in [0.15, 0.2) is 35.5 Å². The van der Waals surface area contributed by atoms with Gasteiger partial charge in [-0.2, -0.15) is 0 Å².